The first-order valence-electron chi connectivity index (χ1n) is 5.47. The van der Waals surface area contributed by atoms with Crippen LogP contribution in [0.1, 0.15) is 22.8 Å². The molecule has 0 unspecified atom stereocenters. The molecule has 2 aromatic carbocycles. The summed E-state index contributed by atoms with van der Waals surface area (Å²) >= 11 is 0. The van der Waals surface area contributed by atoms with Crippen molar-refractivity contribution < 1.29 is 14.3 Å². The van der Waals surface area contributed by atoms with E-state index in [1.165, 1.54) is 13.0 Å². The van der Waals surface area contributed by atoms with Gasteiger partial charge in [-0.3, -0.25) is 9.59 Å². The zero-order valence-corrected chi connectivity index (χ0v) is 9.84. The van der Waals surface area contributed by atoms with Crippen molar-refractivity contribution in [1.29, 1.82) is 0 Å². The van der Waals surface area contributed by atoms with Crippen LogP contribution in [0, 0.1) is 6.07 Å². The van der Waals surface area contributed by atoms with Crippen molar-refractivity contribution in [3.8, 4) is 5.75 Å². The van der Waals surface area contributed by atoms with Crippen LogP contribution in [0.2, 0.25) is 0 Å². The molecule has 2 rings (SSSR count). The zero-order valence-electron chi connectivity index (χ0n) is 9.84. The summed E-state index contributed by atoms with van der Waals surface area (Å²) in [4.78, 5) is 23.0. The summed E-state index contributed by atoms with van der Waals surface area (Å²) in [5.41, 5.74) is 1.06. The summed E-state index contributed by atoms with van der Waals surface area (Å²) in [5.74, 6) is -0.294. The van der Waals surface area contributed by atoms with Crippen molar-refractivity contribution in [3.05, 3.63) is 65.7 Å². The van der Waals surface area contributed by atoms with Gasteiger partial charge in [-0.1, -0.05) is 36.4 Å². The molecule has 0 atom stereocenters. The van der Waals surface area contributed by atoms with Gasteiger partial charge in [0.1, 0.15) is 5.75 Å². The van der Waals surface area contributed by atoms with Gasteiger partial charge in [0.2, 0.25) is 0 Å². The van der Waals surface area contributed by atoms with Crippen molar-refractivity contribution in [3.63, 3.8) is 0 Å². The van der Waals surface area contributed by atoms with Crippen LogP contribution in [-0.2, 0) is 4.79 Å². The smallest absolute Gasteiger partial charge is 0.308 e. The lowest BCUT2D eigenvalue weighted by molar-refractivity contribution is -0.131. The minimum absolute atomic E-state index is 0.113. The standard InChI is InChI=1S/C15H11O3/c1-11(16)18-14-9-5-8-13(10-14)15(17)12-6-3-2-4-7-12/h2-8,10H,1H3. The molecular formula is C15H11O3. The molecule has 0 aliphatic rings. The average molecular weight is 239 g/mol. The highest BCUT2D eigenvalue weighted by atomic mass is 16.5. The SMILES string of the molecule is CC(=O)Oc1[c]ccc(C(=O)c2ccccc2)c1. The van der Waals surface area contributed by atoms with Gasteiger partial charge >= 0.3 is 5.97 Å². The lowest BCUT2D eigenvalue weighted by Gasteiger charge is -2.04. The second-order valence-electron chi connectivity index (χ2n) is 3.73. The Morgan fingerprint density at radius 2 is 1.78 bits per heavy atom. The molecule has 0 fully saturated rings. The molecule has 0 saturated heterocycles. The van der Waals surface area contributed by atoms with Crippen molar-refractivity contribution >= 4 is 11.8 Å². The molecule has 0 bridgehead atoms. The van der Waals surface area contributed by atoms with Crippen LogP contribution in [0.15, 0.2) is 48.5 Å². The van der Waals surface area contributed by atoms with Crippen molar-refractivity contribution in [1.82, 2.24) is 0 Å². The Balaban J connectivity index is 2.29. The van der Waals surface area contributed by atoms with Gasteiger partial charge < -0.3 is 4.74 Å². The highest BCUT2D eigenvalue weighted by molar-refractivity contribution is 6.09. The van der Waals surface area contributed by atoms with Crippen molar-refractivity contribution in [2.45, 2.75) is 6.92 Å². The molecule has 3 nitrogen and oxygen atoms in total. The van der Waals surface area contributed by atoms with Crippen LogP contribution in [0.3, 0.4) is 0 Å². The first kappa shape index (κ1) is 12.0. The monoisotopic (exact) mass is 239 g/mol. The second-order valence-corrected chi connectivity index (χ2v) is 3.73. The fourth-order valence-electron chi connectivity index (χ4n) is 1.56. The molecule has 0 aliphatic heterocycles. The van der Waals surface area contributed by atoms with E-state index in [1.807, 2.05) is 6.07 Å². The topological polar surface area (TPSA) is 43.4 Å². The van der Waals surface area contributed by atoms with E-state index in [1.54, 1.807) is 36.4 Å². The van der Waals surface area contributed by atoms with Crippen LogP contribution in [0.25, 0.3) is 0 Å². The minimum Gasteiger partial charge on any atom is -0.426 e. The largest absolute Gasteiger partial charge is 0.426 e. The van der Waals surface area contributed by atoms with E-state index < -0.39 is 5.97 Å². The molecule has 0 saturated carbocycles. The lowest BCUT2D eigenvalue weighted by Crippen LogP contribution is -2.04. The van der Waals surface area contributed by atoms with Gasteiger partial charge in [0.05, 0.1) is 0 Å². The van der Waals surface area contributed by atoms with Crippen molar-refractivity contribution in [2.24, 2.45) is 0 Å². The molecule has 0 aliphatic carbocycles. The predicted octanol–water partition coefficient (Wildman–Crippen LogP) is 2.64. The molecule has 18 heavy (non-hydrogen) atoms. The summed E-state index contributed by atoms with van der Waals surface area (Å²) in [6.45, 7) is 1.31. The normalized spacial score (nSPS) is 9.83. The number of ketones is 1. The van der Waals surface area contributed by atoms with Gasteiger partial charge in [0, 0.05) is 24.1 Å². The molecule has 1 radical (unpaired) electrons. The van der Waals surface area contributed by atoms with Gasteiger partial charge in [-0.05, 0) is 12.1 Å². The molecule has 0 spiro atoms. The maximum absolute atomic E-state index is 12.1. The highest BCUT2D eigenvalue weighted by Gasteiger charge is 2.09. The molecule has 0 heterocycles. The molecule has 0 aromatic heterocycles. The molecule has 0 amide bonds. The number of esters is 1. The van der Waals surface area contributed by atoms with E-state index in [2.05, 4.69) is 6.07 Å². The summed E-state index contributed by atoms with van der Waals surface area (Å²) in [5, 5.41) is 0. The number of hydrogen-bond donors (Lipinski definition) is 0. The average Bonchev–Trinajstić information content (AvgIpc) is 2.38. The van der Waals surface area contributed by atoms with Crippen LogP contribution < -0.4 is 4.74 Å². The Labute approximate surface area is 105 Å². The summed E-state index contributed by atoms with van der Waals surface area (Å²) in [6.07, 6.45) is 0. The number of hydrogen-bond acceptors (Lipinski definition) is 3. The predicted molar refractivity (Wildman–Crippen MR) is 66.5 cm³/mol. The third-order valence-corrected chi connectivity index (χ3v) is 2.33. The van der Waals surface area contributed by atoms with E-state index in [0.717, 1.165) is 0 Å². The molecule has 0 N–H and O–H groups in total. The summed E-state index contributed by atoms with van der Waals surface area (Å²) in [6, 6.07) is 16.4. The van der Waals surface area contributed by atoms with E-state index in [4.69, 9.17) is 4.74 Å². The van der Waals surface area contributed by atoms with Crippen LogP contribution in [-0.4, -0.2) is 11.8 Å². The number of carbonyl (C=O) groups is 2. The zero-order chi connectivity index (χ0) is 13.0. The van der Waals surface area contributed by atoms with Gasteiger partial charge in [-0.15, -0.1) is 0 Å². The van der Waals surface area contributed by atoms with Crippen LogP contribution in [0.4, 0.5) is 0 Å². The van der Waals surface area contributed by atoms with Crippen LogP contribution in [0.5, 0.6) is 5.75 Å². The quantitative estimate of drug-likeness (QED) is 0.470. The number of rotatable bonds is 3. The van der Waals surface area contributed by atoms with Gasteiger partial charge in [-0.2, -0.15) is 0 Å². The fraction of sp³-hybridized carbons (Fsp3) is 0.0667. The lowest BCUT2D eigenvalue weighted by atomic mass is 10.0. The first-order chi connectivity index (χ1) is 8.66. The summed E-state index contributed by atoms with van der Waals surface area (Å²) < 4.78 is 4.89. The Morgan fingerprint density at radius 3 is 2.44 bits per heavy atom. The number of carbonyl (C=O) groups excluding carboxylic acids is 2. The fourth-order valence-corrected chi connectivity index (χ4v) is 1.56. The molecule has 2 aromatic rings. The molecule has 89 valence electrons. The maximum Gasteiger partial charge on any atom is 0.308 e. The van der Waals surface area contributed by atoms with E-state index in [9.17, 15) is 9.59 Å². The van der Waals surface area contributed by atoms with Crippen LogP contribution >= 0.6 is 0 Å². The molecule has 3 heteroatoms. The maximum atomic E-state index is 12.1. The van der Waals surface area contributed by atoms with E-state index >= 15 is 0 Å². The molecular weight excluding hydrogens is 228 g/mol. The third kappa shape index (κ3) is 2.83. The van der Waals surface area contributed by atoms with E-state index in [0.29, 0.717) is 11.1 Å². The minimum atomic E-state index is -0.435. The van der Waals surface area contributed by atoms with Gasteiger partial charge in [0.15, 0.2) is 5.78 Å². The van der Waals surface area contributed by atoms with Gasteiger partial charge in [0.25, 0.3) is 0 Å². The first-order valence-corrected chi connectivity index (χ1v) is 5.47. The number of ether oxygens (including phenoxy) is 1. The Kier molecular flexibility index (Phi) is 3.53. The second kappa shape index (κ2) is 5.27. The van der Waals surface area contributed by atoms with E-state index in [-0.39, 0.29) is 11.5 Å². The Morgan fingerprint density at radius 1 is 1.06 bits per heavy atom. The van der Waals surface area contributed by atoms with Gasteiger partial charge in [-0.25, -0.2) is 0 Å². The van der Waals surface area contributed by atoms with Crippen molar-refractivity contribution in [2.75, 3.05) is 0 Å². The third-order valence-electron chi connectivity index (χ3n) is 2.33. The number of benzene rings is 2. The Hall–Kier alpha value is -2.42. The Bertz CT molecular complexity index is 573. The highest BCUT2D eigenvalue weighted by Crippen LogP contribution is 2.16. The summed E-state index contributed by atoms with van der Waals surface area (Å²) in [7, 11) is 0.